The van der Waals surface area contributed by atoms with Crippen LogP contribution in [-0.2, 0) is 18.2 Å². The molecule has 1 aliphatic rings. The van der Waals surface area contributed by atoms with Gasteiger partial charge in [0, 0.05) is 49.0 Å². The molecule has 1 unspecified atom stereocenters. The number of carbonyl (C=O) groups excluding carboxylic acids is 1. The molecule has 0 saturated carbocycles. The van der Waals surface area contributed by atoms with Crippen LogP contribution in [0.1, 0.15) is 22.3 Å². The van der Waals surface area contributed by atoms with Gasteiger partial charge in [-0.1, -0.05) is 0 Å². The lowest BCUT2D eigenvalue weighted by Gasteiger charge is -2.15. The summed E-state index contributed by atoms with van der Waals surface area (Å²) in [7, 11) is 3.30. The van der Waals surface area contributed by atoms with Crippen molar-refractivity contribution in [1.82, 2.24) is 29.7 Å². The number of hydrogen-bond acceptors (Lipinski definition) is 7. The molecule has 4 aromatic rings. The van der Waals surface area contributed by atoms with E-state index >= 15 is 4.39 Å². The summed E-state index contributed by atoms with van der Waals surface area (Å²) < 4.78 is 30.2. The van der Waals surface area contributed by atoms with E-state index in [2.05, 4.69) is 20.5 Å². The predicted molar refractivity (Wildman–Crippen MR) is 123 cm³/mol. The van der Waals surface area contributed by atoms with Gasteiger partial charge in [0.1, 0.15) is 11.9 Å². The van der Waals surface area contributed by atoms with Crippen LogP contribution in [-0.4, -0.2) is 56.7 Å². The Balaban J connectivity index is 1.69. The molecule has 178 valence electrons. The lowest BCUT2D eigenvalue weighted by molar-refractivity contribution is 0.0963. The first-order valence-corrected chi connectivity index (χ1v) is 11.0. The van der Waals surface area contributed by atoms with Gasteiger partial charge in [0.05, 0.1) is 49.4 Å². The Morgan fingerprint density at radius 3 is 2.89 bits per heavy atom. The van der Waals surface area contributed by atoms with E-state index < -0.39 is 11.7 Å². The highest BCUT2D eigenvalue weighted by Crippen LogP contribution is 2.33. The maximum absolute atomic E-state index is 15.5. The van der Waals surface area contributed by atoms with Gasteiger partial charge in [0.2, 0.25) is 5.88 Å². The molecule has 1 fully saturated rings. The highest BCUT2D eigenvalue weighted by atomic mass is 19.1. The molecule has 1 aliphatic heterocycles. The van der Waals surface area contributed by atoms with E-state index in [-0.39, 0.29) is 29.2 Å². The van der Waals surface area contributed by atoms with Gasteiger partial charge in [-0.3, -0.25) is 9.48 Å². The first-order valence-electron chi connectivity index (χ1n) is 11.0. The molecule has 3 aromatic heterocycles. The van der Waals surface area contributed by atoms with Crippen molar-refractivity contribution in [3.8, 4) is 34.3 Å². The van der Waals surface area contributed by atoms with Gasteiger partial charge < -0.3 is 14.8 Å². The topological polar surface area (TPSA) is 119 Å². The number of imidazole rings is 1. The predicted octanol–water partition coefficient (Wildman–Crippen LogP) is 2.53. The third-order valence-electron chi connectivity index (χ3n) is 5.82. The molecule has 5 rings (SSSR count). The van der Waals surface area contributed by atoms with Gasteiger partial charge >= 0.3 is 0 Å². The Morgan fingerprint density at radius 1 is 1.34 bits per heavy atom. The van der Waals surface area contributed by atoms with Crippen molar-refractivity contribution >= 4 is 11.6 Å². The maximum Gasteiger partial charge on any atom is 0.251 e. The van der Waals surface area contributed by atoms with Gasteiger partial charge in [-0.2, -0.15) is 10.4 Å². The third kappa shape index (κ3) is 4.20. The summed E-state index contributed by atoms with van der Waals surface area (Å²) >= 11 is 0. The molecule has 0 radical (unpaired) electrons. The molecule has 1 saturated heterocycles. The molecule has 0 bridgehead atoms. The highest BCUT2D eigenvalue weighted by molar-refractivity contribution is 5.95. The lowest BCUT2D eigenvalue weighted by Crippen LogP contribution is -2.19. The van der Waals surface area contributed by atoms with Gasteiger partial charge in [0.15, 0.2) is 5.65 Å². The standard InChI is InChI=1S/C24H22FN7O3/c1-27-23(33)15-7-14(3-5-26)22(25)19(8-15)20-11-28-21-9-18(16-10-29-31(2)12-16)24(30-32(20)21)35-17-4-6-34-13-17/h7-12,17H,3-4,6,13H2,1-2H3,(H,27,33). The Kier molecular flexibility index (Phi) is 5.88. The van der Waals surface area contributed by atoms with Crippen molar-refractivity contribution in [2.75, 3.05) is 20.3 Å². The van der Waals surface area contributed by atoms with Crippen molar-refractivity contribution in [1.29, 1.82) is 5.26 Å². The summed E-state index contributed by atoms with van der Waals surface area (Å²) in [4.78, 5) is 16.8. The number of fused-ring (bicyclic) bond motifs is 1. The zero-order valence-electron chi connectivity index (χ0n) is 19.2. The number of aryl methyl sites for hydroxylation is 1. The molecule has 10 nitrogen and oxygen atoms in total. The van der Waals surface area contributed by atoms with Crippen LogP contribution < -0.4 is 10.1 Å². The number of halogens is 1. The number of hydrogen-bond donors (Lipinski definition) is 1. The Bertz CT molecular complexity index is 1460. The first-order chi connectivity index (χ1) is 17.0. The first kappa shape index (κ1) is 22.5. The van der Waals surface area contributed by atoms with E-state index in [9.17, 15) is 4.79 Å². The second-order valence-electron chi connectivity index (χ2n) is 8.19. The zero-order valence-corrected chi connectivity index (χ0v) is 19.2. The van der Waals surface area contributed by atoms with Crippen LogP contribution >= 0.6 is 0 Å². The van der Waals surface area contributed by atoms with Crippen LogP contribution in [0.5, 0.6) is 5.88 Å². The SMILES string of the molecule is CNC(=O)c1cc(CC#N)c(F)c(-c2cnc3cc(-c4cnn(C)c4)c(OC4CCOC4)nn23)c1. The number of aromatic nitrogens is 5. The second kappa shape index (κ2) is 9.15. The van der Waals surface area contributed by atoms with E-state index in [4.69, 9.17) is 14.7 Å². The molecule has 0 spiro atoms. The van der Waals surface area contributed by atoms with E-state index in [1.54, 1.807) is 16.9 Å². The molecule has 1 amide bonds. The summed E-state index contributed by atoms with van der Waals surface area (Å²) in [6, 6.07) is 6.56. The van der Waals surface area contributed by atoms with Gasteiger partial charge in [-0.05, 0) is 18.2 Å². The minimum atomic E-state index is -0.606. The van der Waals surface area contributed by atoms with Gasteiger partial charge in [0.25, 0.3) is 5.91 Å². The number of ether oxygens (including phenoxy) is 2. The number of nitrogens with zero attached hydrogens (tertiary/aromatic N) is 6. The van der Waals surface area contributed by atoms with Crippen LogP contribution in [0.4, 0.5) is 4.39 Å². The van der Waals surface area contributed by atoms with E-state index in [1.165, 1.54) is 29.9 Å². The Morgan fingerprint density at radius 2 is 2.20 bits per heavy atom. The molecule has 4 heterocycles. The van der Waals surface area contributed by atoms with Crippen molar-refractivity contribution in [3.63, 3.8) is 0 Å². The maximum atomic E-state index is 15.5. The normalized spacial score (nSPS) is 15.3. The average molecular weight is 475 g/mol. The average Bonchev–Trinajstić information content (AvgIpc) is 3.61. The lowest BCUT2D eigenvalue weighted by atomic mass is 10.0. The fourth-order valence-corrected chi connectivity index (χ4v) is 4.06. The summed E-state index contributed by atoms with van der Waals surface area (Å²) in [6.07, 6.45) is 5.41. The molecule has 1 aromatic carbocycles. The van der Waals surface area contributed by atoms with Crippen LogP contribution in [0.3, 0.4) is 0 Å². The number of amides is 1. The molecule has 1 N–H and O–H groups in total. The Hall–Kier alpha value is -4.30. The molecular weight excluding hydrogens is 453 g/mol. The molecule has 1 atom stereocenters. The van der Waals surface area contributed by atoms with E-state index in [0.29, 0.717) is 36.0 Å². The quantitative estimate of drug-likeness (QED) is 0.455. The van der Waals surface area contributed by atoms with Crippen LogP contribution in [0.15, 0.2) is 36.8 Å². The number of rotatable bonds is 6. The number of benzene rings is 1. The number of nitriles is 1. The fraction of sp³-hybridized carbons (Fsp3) is 0.292. The van der Waals surface area contributed by atoms with Gasteiger partial charge in [-0.25, -0.2) is 13.9 Å². The third-order valence-corrected chi connectivity index (χ3v) is 5.82. The summed E-state index contributed by atoms with van der Waals surface area (Å²) in [5, 5.41) is 20.6. The van der Waals surface area contributed by atoms with Crippen LogP contribution in [0.2, 0.25) is 0 Å². The van der Waals surface area contributed by atoms with Crippen molar-refractivity contribution in [2.24, 2.45) is 7.05 Å². The van der Waals surface area contributed by atoms with Crippen molar-refractivity contribution in [2.45, 2.75) is 18.9 Å². The largest absolute Gasteiger partial charge is 0.470 e. The minimum absolute atomic E-state index is 0.112. The van der Waals surface area contributed by atoms with Crippen molar-refractivity contribution in [3.05, 3.63) is 53.7 Å². The minimum Gasteiger partial charge on any atom is -0.470 e. The molecular formula is C24H22FN7O3. The van der Waals surface area contributed by atoms with Crippen LogP contribution in [0.25, 0.3) is 28.0 Å². The van der Waals surface area contributed by atoms with E-state index in [1.807, 2.05) is 19.3 Å². The number of nitrogens with one attached hydrogen (secondary N) is 1. The Labute approximate surface area is 199 Å². The zero-order chi connectivity index (χ0) is 24.5. The summed E-state index contributed by atoms with van der Waals surface area (Å²) in [5.41, 5.74) is 2.74. The number of carbonyl (C=O) groups is 1. The highest BCUT2D eigenvalue weighted by Gasteiger charge is 2.24. The van der Waals surface area contributed by atoms with Gasteiger partial charge in [-0.15, -0.1) is 5.10 Å². The molecule has 0 aliphatic carbocycles. The smallest absolute Gasteiger partial charge is 0.251 e. The fourth-order valence-electron chi connectivity index (χ4n) is 4.06. The monoisotopic (exact) mass is 475 g/mol. The second-order valence-corrected chi connectivity index (χ2v) is 8.19. The molecule has 11 heteroatoms. The summed E-state index contributed by atoms with van der Waals surface area (Å²) in [6.45, 7) is 1.05. The summed E-state index contributed by atoms with van der Waals surface area (Å²) in [5.74, 6) is -0.664. The van der Waals surface area contributed by atoms with Crippen molar-refractivity contribution < 1.29 is 18.7 Å². The van der Waals surface area contributed by atoms with Crippen LogP contribution in [0, 0.1) is 17.1 Å². The van der Waals surface area contributed by atoms with E-state index in [0.717, 1.165) is 12.0 Å². The molecule has 35 heavy (non-hydrogen) atoms.